The fourth-order valence-corrected chi connectivity index (χ4v) is 6.20. The molecule has 1 saturated heterocycles. The molecule has 4 unspecified atom stereocenters. The number of benzene rings is 4. The van der Waals surface area contributed by atoms with E-state index in [1.54, 1.807) is 23.9 Å². The molecular formula is C35H35NO6S. The van der Waals surface area contributed by atoms with Gasteiger partial charge in [-0.2, -0.15) is 0 Å². The molecule has 0 aromatic heterocycles. The Bertz CT molecular complexity index is 1560. The Morgan fingerprint density at radius 2 is 1.53 bits per heavy atom. The summed E-state index contributed by atoms with van der Waals surface area (Å²) in [6.07, 6.45) is -1.01. The highest BCUT2D eigenvalue weighted by Crippen LogP contribution is 2.43. The Morgan fingerprint density at radius 1 is 0.837 bits per heavy atom. The van der Waals surface area contributed by atoms with Crippen molar-refractivity contribution in [3.05, 3.63) is 125 Å². The third-order valence-corrected chi connectivity index (χ3v) is 8.70. The van der Waals surface area contributed by atoms with Crippen LogP contribution in [0.3, 0.4) is 0 Å². The van der Waals surface area contributed by atoms with Gasteiger partial charge in [0, 0.05) is 35.6 Å². The fraction of sp³-hybridized carbons (Fsp3) is 0.257. The molecule has 0 bridgehead atoms. The lowest BCUT2D eigenvalue weighted by Crippen LogP contribution is -2.38. The van der Waals surface area contributed by atoms with Crippen LogP contribution in [0.1, 0.15) is 58.9 Å². The summed E-state index contributed by atoms with van der Waals surface area (Å²) in [6, 6.07) is 30.9. The molecule has 0 aliphatic carbocycles. The predicted molar refractivity (Wildman–Crippen MR) is 166 cm³/mol. The first kappa shape index (κ1) is 30.5. The van der Waals surface area contributed by atoms with E-state index in [1.165, 1.54) is 6.92 Å². The van der Waals surface area contributed by atoms with Gasteiger partial charge in [-0.15, -0.1) is 11.8 Å². The molecule has 1 amide bonds. The molecule has 1 fully saturated rings. The average molecular weight is 598 g/mol. The molecule has 3 N–H and O–H groups in total. The zero-order valence-corrected chi connectivity index (χ0v) is 24.9. The number of thioether (sulfide) groups is 1. The van der Waals surface area contributed by atoms with E-state index in [4.69, 9.17) is 9.47 Å². The molecule has 222 valence electrons. The molecule has 4 aromatic rings. The molecule has 0 saturated carbocycles. The van der Waals surface area contributed by atoms with Gasteiger partial charge in [0.15, 0.2) is 6.29 Å². The van der Waals surface area contributed by atoms with Crippen molar-refractivity contribution < 1.29 is 29.3 Å². The van der Waals surface area contributed by atoms with Gasteiger partial charge in [0.05, 0.1) is 24.4 Å². The zero-order valence-electron chi connectivity index (χ0n) is 24.1. The summed E-state index contributed by atoms with van der Waals surface area (Å²) >= 11 is 1.62. The van der Waals surface area contributed by atoms with Crippen molar-refractivity contribution >= 4 is 23.6 Å². The van der Waals surface area contributed by atoms with Crippen molar-refractivity contribution in [2.24, 2.45) is 5.92 Å². The van der Waals surface area contributed by atoms with Gasteiger partial charge in [-0.1, -0.05) is 67.6 Å². The third kappa shape index (κ3) is 7.72. The van der Waals surface area contributed by atoms with E-state index in [1.807, 2.05) is 72.8 Å². The fourth-order valence-electron chi connectivity index (χ4n) is 5.13. The van der Waals surface area contributed by atoms with Gasteiger partial charge in [-0.05, 0) is 64.2 Å². The maximum absolute atomic E-state index is 11.4. The SMILES string of the molecule is CC(=O)NCc1cccc(-c2cccc(C3OC(CSc4ccc(C(=O)O)cc4)C(C)C(c4ccc(CO)cc4)O3)c2)c1. The Labute approximate surface area is 255 Å². The molecular weight excluding hydrogens is 562 g/mol. The number of amides is 1. The molecule has 0 radical (unpaired) electrons. The summed E-state index contributed by atoms with van der Waals surface area (Å²) < 4.78 is 13.3. The van der Waals surface area contributed by atoms with Crippen molar-refractivity contribution in [3.63, 3.8) is 0 Å². The minimum absolute atomic E-state index is 0.0220. The van der Waals surface area contributed by atoms with Crippen molar-refractivity contribution in [1.29, 1.82) is 0 Å². The number of hydrogen-bond acceptors (Lipinski definition) is 6. The van der Waals surface area contributed by atoms with Crippen molar-refractivity contribution in [3.8, 4) is 11.1 Å². The second-order valence-corrected chi connectivity index (χ2v) is 11.8. The van der Waals surface area contributed by atoms with Gasteiger partial charge in [0.1, 0.15) is 0 Å². The lowest BCUT2D eigenvalue weighted by molar-refractivity contribution is -0.268. The number of aromatic carboxylic acids is 1. The third-order valence-electron chi connectivity index (χ3n) is 7.60. The van der Waals surface area contributed by atoms with Crippen LogP contribution in [0.5, 0.6) is 0 Å². The van der Waals surface area contributed by atoms with E-state index in [9.17, 15) is 19.8 Å². The molecule has 4 atom stereocenters. The van der Waals surface area contributed by atoms with Crippen LogP contribution in [0.15, 0.2) is 102 Å². The first-order chi connectivity index (χ1) is 20.8. The Hall–Kier alpha value is -3.95. The molecule has 0 spiro atoms. The smallest absolute Gasteiger partial charge is 0.335 e. The average Bonchev–Trinajstić information content (AvgIpc) is 3.03. The summed E-state index contributed by atoms with van der Waals surface area (Å²) in [4.78, 5) is 23.6. The van der Waals surface area contributed by atoms with Gasteiger partial charge in [-0.25, -0.2) is 4.79 Å². The quantitative estimate of drug-likeness (QED) is 0.173. The molecule has 1 heterocycles. The van der Waals surface area contributed by atoms with Gasteiger partial charge < -0.3 is 25.0 Å². The second kappa shape index (κ2) is 14.0. The van der Waals surface area contributed by atoms with Crippen LogP contribution in [-0.2, 0) is 27.4 Å². The Kier molecular flexibility index (Phi) is 9.94. The van der Waals surface area contributed by atoms with Gasteiger partial charge >= 0.3 is 5.97 Å². The molecule has 7 nitrogen and oxygen atoms in total. The first-order valence-corrected chi connectivity index (χ1v) is 15.2. The van der Waals surface area contributed by atoms with Crippen LogP contribution in [0, 0.1) is 5.92 Å². The number of carbonyl (C=O) groups excluding carboxylic acids is 1. The highest BCUT2D eigenvalue weighted by atomic mass is 32.2. The zero-order chi connectivity index (χ0) is 30.3. The van der Waals surface area contributed by atoms with Crippen molar-refractivity contribution in [2.45, 2.75) is 50.4 Å². The van der Waals surface area contributed by atoms with E-state index < -0.39 is 12.3 Å². The number of carbonyl (C=O) groups is 2. The number of carboxylic acid groups (broad SMARTS) is 1. The largest absolute Gasteiger partial charge is 0.478 e. The Balaban J connectivity index is 1.40. The molecule has 43 heavy (non-hydrogen) atoms. The van der Waals surface area contributed by atoms with E-state index in [-0.39, 0.29) is 36.2 Å². The van der Waals surface area contributed by atoms with Crippen LogP contribution in [0.4, 0.5) is 0 Å². The highest BCUT2D eigenvalue weighted by Gasteiger charge is 2.38. The topological polar surface area (TPSA) is 105 Å². The number of nitrogens with one attached hydrogen (secondary N) is 1. The summed E-state index contributed by atoms with van der Waals surface area (Å²) in [7, 11) is 0. The second-order valence-electron chi connectivity index (χ2n) is 10.7. The van der Waals surface area contributed by atoms with Crippen molar-refractivity contribution in [1.82, 2.24) is 5.32 Å². The summed E-state index contributed by atoms with van der Waals surface area (Å²) in [5, 5.41) is 21.6. The van der Waals surface area contributed by atoms with E-state index in [2.05, 4.69) is 24.4 Å². The van der Waals surface area contributed by atoms with E-state index >= 15 is 0 Å². The number of ether oxygens (including phenoxy) is 2. The summed E-state index contributed by atoms with van der Waals surface area (Å²) in [5.41, 5.74) is 6.06. The van der Waals surface area contributed by atoms with Gasteiger partial charge in [-0.3, -0.25) is 4.79 Å². The first-order valence-electron chi connectivity index (χ1n) is 14.2. The molecule has 4 aromatic carbocycles. The maximum Gasteiger partial charge on any atom is 0.335 e. The van der Waals surface area contributed by atoms with Crippen LogP contribution >= 0.6 is 11.8 Å². The maximum atomic E-state index is 11.4. The minimum Gasteiger partial charge on any atom is -0.478 e. The van der Waals surface area contributed by atoms with Crippen LogP contribution in [0.2, 0.25) is 0 Å². The summed E-state index contributed by atoms with van der Waals surface area (Å²) in [6.45, 7) is 4.07. The number of carboxylic acids is 1. The van der Waals surface area contributed by atoms with E-state index in [0.29, 0.717) is 12.3 Å². The van der Waals surface area contributed by atoms with Gasteiger partial charge in [0.25, 0.3) is 0 Å². The Morgan fingerprint density at radius 3 is 2.21 bits per heavy atom. The molecule has 8 heteroatoms. The van der Waals surface area contributed by atoms with Crippen molar-refractivity contribution in [2.75, 3.05) is 5.75 Å². The highest BCUT2D eigenvalue weighted by molar-refractivity contribution is 7.99. The van der Waals surface area contributed by atoms with Crippen LogP contribution < -0.4 is 5.32 Å². The number of aliphatic hydroxyl groups is 1. The van der Waals surface area contributed by atoms with Gasteiger partial charge in [0.2, 0.25) is 5.91 Å². The predicted octanol–water partition coefficient (Wildman–Crippen LogP) is 6.76. The number of hydrogen-bond donors (Lipinski definition) is 3. The minimum atomic E-state index is -0.947. The standard InChI is InChI=1S/C35H35NO6S/c1-22-32(21-43-31-15-13-27(14-16-31)34(39)40)41-35(42-33(22)26-11-9-24(20-37)10-12-26)30-8-4-7-29(18-30)28-6-3-5-25(17-28)19-36-23(2)38/h3-18,22,32-33,35,37H,19-21H2,1-2H3,(H,36,38)(H,39,40). The lowest BCUT2D eigenvalue weighted by atomic mass is 9.91. The van der Waals surface area contributed by atoms with Crippen LogP contribution in [0.25, 0.3) is 11.1 Å². The molecule has 1 aliphatic heterocycles. The molecule has 1 aliphatic rings. The lowest BCUT2D eigenvalue weighted by Gasteiger charge is -2.41. The normalized spacial score (nSPS) is 20.0. The summed E-state index contributed by atoms with van der Waals surface area (Å²) in [5.74, 6) is -0.337. The molecule has 5 rings (SSSR count). The van der Waals surface area contributed by atoms with E-state index in [0.717, 1.165) is 38.3 Å². The monoisotopic (exact) mass is 597 g/mol. The number of rotatable bonds is 10. The number of aliphatic hydroxyl groups excluding tert-OH is 1. The van der Waals surface area contributed by atoms with Crippen LogP contribution in [-0.4, -0.2) is 33.9 Å².